The first-order valence-corrected chi connectivity index (χ1v) is 6.62. The second-order valence-corrected chi connectivity index (χ2v) is 5.42. The number of nitrogens with two attached hydrogens (primary N) is 1. The van der Waals surface area contributed by atoms with Gasteiger partial charge in [0, 0.05) is 13.1 Å². The summed E-state index contributed by atoms with van der Waals surface area (Å²) in [5, 5.41) is 3.01. The standard InChI is InChI=1S/C15H22N2O/c1-11-3-4-12(2)13(9-11)5-8-17-14(18)15(10-16)6-7-15/h3-4,9H,5-8,10,16H2,1-2H3,(H,17,18). The number of nitrogens with one attached hydrogen (secondary N) is 1. The number of aryl methyl sites for hydroxylation is 2. The Labute approximate surface area is 109 Å². The summed E-state index contributed by atoms with van der Waals surface area (Å²) < 4.78 is 0. The van der Waals surface area contributed by atoms with Crippen molar-refractivity contribution in [1.82, 2.24) is 5.32 Å². The van der Waals surface area contributed by atoms with Crippen molar-refractivity contribution in [2.24, 2.45) is 11.1 Å². The number of hydrogen-bond donors (Lipinski definition) is 2. The van der Waals surface area contributed by atoms with E-state index in [1.165, 1.54) is 16.7 Å². The van der Waals surface area contributed by atoms with Crippen LogP contribution in [0.25, 0.3) is 0 Å². The largest absolute Gasteiger partial charge is 0.355 e. The minimum Gasteiger partial charge on any atom is -0.355 e. The minimum atomic E-state index is -0.234. The van der Waals surface area contributed by atoms with Crippen molar-refractivity contribution in [3.63, 3.8) is 0 Å². The molecule has 0 bridgehead atoms. The van der Waals surface area contributed by atoms with Crippen molar-refractivity contribution in [3.05, 3.63) is 34.9 Å². The van der Waals surface area contributed by atoms with E-state index in [0.717, 1.165) is 19.3 Å². The molecule has 0 radical (unpaired) electrons. The van der Waals surface area contributed by atoms with E-state index in [2.05, 4.69) is 37.4 Å². The molecule has 3 N–H and O–H groups in total. The molecule has 1 aliphatic carbocycles. The van der Waals surface area contributed by atoms with Crippen molar-refractivity contribution in [3.8, 4) is 0 Å². The van der Waals surface area contributed by atoms with Gasteiger partial charge in [-0.15, -0.1) is 0 Å². The fraction of sp³-hybridized carbons (Fsp3) is 0.533. The summed E-state index contributed by atoms with van der Waals surface area (Å²) in [6, 6.07) is 6.44. The SMILES string of the molecule is Cc1ccc(C)c(CCNC(=O)C2(CN)CC2)c1. The van der Waals surface area contributed by atoms with E-state index < -0.39 is 0 Å². The van der Waals surface area contributed by atoms with Gasteiger partial charge in [0.1, 0.15) is 0 Å². The minimum absolute atomic E-state index is 0.135. The summed E-state index contributed by atoms with van der Waals surface area (Å²) in [5.74, 6) is 0.135. The van der Waals surface area contributed by atoms with Gasteiger partial charge in [-0.05, 0) is 44.2 Å². The Bertz CT molecular complexity index is 450. The van der Waals surface area contributed by atoms with Gasteiger partial charge in [0.05, 0.1) is 5.41 Å². The third-order valence-corrected chi connectivity index (χ3v) is 3.91. The molecule has 0 saturated heterocycles. The molecular formula is C15H22N2O. The molecule has 98 valence electrons. The van der Waals surface area contributed by atoms with Gasteiger partial charge in [-0.3, -0.25) is 4.79 Å². The summed E-state index contributed by atoms with van der Waals surface area (Å²) in [4.78, 5) is 11.9. The van der Waals surface area contributed by atoms with Crippen LogP contribution in [0.3, 0.4) is 0 Å². The molecule has 0 atom stereocenters. The number of carbonyl (C=O) groups excluding carboxylic acids is 1. The molecule has 0 aromatic heterocycles. The zero-order valence-corrected chi connectivity index (χ0v) is 11.3. The normalized spacial score (nSPS) is 16.4. The van der Waals surface area contributed by atoms with Crippen molar-refractivity contribution in [2.75, 3.05) is 13.1 Å². The molecule has 1 amide bonds. The van der Waals surface area contributed by atoms with Gasteiger partial charge in [-0.1, -0.05) is 23.8 Å². The van der Waals surface area contributed by atoms with Crippen LogP contribution >= 0.6 is 0 Å². The van der Waals surface area contributed by atoms with Gasteiger partial charge in [0.2, 0.25) is 5.91 Å². The Hall–Kier alpha value is -1.35. The van der Waals surface area contributed by atoms with Crippen molar-refractivity contribution in [2.45, 2.75) is 33.1 Å². The van der Waals surface area contributed by atoms with E-state index in [-0.39, 0.29) is 11.3 Å². The molecule has 1 aromatic carbocycles. The lowest BCUT2D eigenvalue weighted by atomic mass is 10.0. The van der Waals surface area contributed by atoms with Crippen LogP contribution in [0.2, 0.25) is 0 Å². The van der Waals surface area contributed by atoms with Crippen LogP contribution < -0.4 is 11.1 Å². The fourth-order valence-electron chi connectivity index (χ4n) is 2.24. The number of benzene rings is 1. The van der Waals surface area contributed by atoms with Gasteiger partial charge < -0.3 is 11.1 Å². The third kappa shape index (κ3) is 2.72. The summed E-state index contributed by atoms with van der Waals surface area (Å²) in [6.07, 6.45) is 2.78. The molecule has 1 fully saturated rings. The van der Waals surface area contributed by atoms with Crippen LogP contribution in [0, 0.1) is 19.3 Å². The lowest BCUT2D eigenvalue weighted by Crippen LogP contribution is -2.37. The number of amides is 1. The zero-order chi connectivity index (χ0) is 13.2. The topological polar surface area (TPSA) is 55.1 Å². The maximum atomic E-state index is 11.9. The number of hydrogen-bond acceptors (Lipinski definition) is 2. The van der Waals surface area contributed by atoms with Gasteiger partial charge >= 0.3 is 0 Å². The van der Waals surface area contributed by atoms with E-state index in [9.17, 15) is 4.79 Å². The Kier molecular flexibility index (Phi) is 3.71. The zero-order valence-electron chi connectivity index (χ0n) is 11.3. The highest BCUT2D eigenvalue weighted by atomic mass is 16.2. The fourth-order valence-corrected chi connectivity index (χ4v) is 2.24. The highest BCUT2D eigenvalue weighted by Crippen LogP contribution is 2.44. The molecule has 0 spiro atoms. The first-order chi connectivity index (χ1) is 8.57. The number of carbonyl (C=O) groups is 1. The first-order valence-electron chi connectivity index (χ1n) is 6.62. The van der Waals surface area contributed by atoms with Gasteiger partial charge in [0.25, 0.3) is 0 Å². The maximum absolute atomic E-state index is 11.9. The van der Waals surface area contributed by atoms with Gasteiger partial charge in [-0.2, -0.15) is 0 Å². The summed E-state index contributed by atoms with van der Waals surface area (Å²) in [5.41, 5.74) is 9.27. The van der Waals surface area contributed by atoms with E-state index >= 15 is 0 Å². The van der Waals surface area contributed by atoms with Crippen LogP contribution in [0.4, 0.5) is 0 Å². The Balaban J connectivity index is 1.85. The molecule has 3 nitrogen and oxygen atoms in total. The second-order valence-electron chi connectivity index (χ2n) is 5.42. The van der Waals surface area contributed by atoms with E-state index in [0.29, 0.717) is 13.1 Å². The summed E-state index contributed by atoms with van der Waals surface area (Å²) >= 11 is 0. The molecular weight excluding hydrogens is 224 g/mol. The van der Waals surface area contributed by atoms with Crippen molar-refractivity contribution >= 4 is 5.91 Å². The third-order valence-electron chi connectivity index (χ3n) is 3.91. The first kappa shape index (κ1) is 13.1. The molecule has 1 aliphatic rings. The Morgan fingerprint density at radius 1 is 1.39 bits per heavy atom. The molecule has 1 aromatic rings. The Morgan fingerprint density at radius 3 is 2.72 bits per heavy atom. The van der Waals surface area contributed by atoms with Gasteiger partial charge in [0.15, 0.2) is 0 Å². The number of rotatable bonds is 5. The van der Waals surface area contributed by atoms with E-state index in [4.69, 9.17) is 5.73 Å². The second kappa shape index (κ2) is 5.11. The van der Waals surface area contributed by atoms with Gasteiger partial charge in [-0.25, -0.2) is 0 Å². The molecule has 0 unspecified atom stereocenters. The molecule has 2 rings (SSSR count). The molecule has 1 saturated carbocycles. The quantitative estimate of drug-likeness (QED) is 0.831. The Morgan fingerprint density at radius 2 is 2.11 bits per heavy atom. The van der Waals surface area contributed by atoms with Crippen molar-refractivity contribution in [1.29, 1.82) is 0 Å². The molecule has 18 heavy (non-hydrogen) atoms. The lowest BCUT2D eigenvalue weighted by molar-refractivity contribution is -0.125. The van der Waals surface area contributed by atoms with Crippen LogP contribution in [-0.2, 0) is 11.2 Å². The molecule has 0 heterocycles. The smallest absolute Gasteiger partial charge is 0.227 e. The average molecular weight is 246 g/mol. The predicted molar refractivity (Wildman–Crippen MR) is 73.4 cm³/mol. The molecule has 0 aliphatic heterocycles. The predicted octanol–water partition coefficient (Wildman–Crippen LogP) is 1.70. The van der Waals surface area contributed by atoms with Crippen LogP contribution in [0.1, 0.15) is 29.5 Å². The van der Waals surface area contributed by atoms with Crippen molar-refractivity contribution < 1.29 is 4.79 Å². The monoisotopic (exact) mass is 246 g/mol. The summed E-state index contributed by atoms with van der Waals surface area (Å²) in [7, 11) is 0. The average Bonchev–Trinajstić information content (AvgIpc) is 3.14. The lowest BCUT2D eigenvalue weighted by Gasteiger charge is -2.13. The van der Waals surface area contributed by atoms with Crippen LogP contribution in [0.5, 0.6) is 0 Å². The summed E-state index contributed by atoms with van der Waals surface area (Å²) in [6.45, 7) is 5.38. The van der Waals surface area contributed by atoms with E-state index in [1.54, 1.807) is 0 Å². The highest BCUT2D eigenvalue weighted by Gasteiger charge is 2.48. The molecule has 3 heteroatoms. The van der Waals surface area contributed by atoms with E-state index in [1.807, 2.05) is 0 Å². The highest BCUT2D eigenvalue weighted by molar-refractivity contribution is 5.85. The van der Waals surface area contributed by atoms with Crippen LogP contribution in [0.15, 0.2) is 18.2 Å². The van der Waals surface area contributed by atoms with Crippen LogP contribution in [-0.4, -0.2) is 19.0 Å². The maximum Gasteiger partial charge on any atom is 0.227 e.